The van der Waals surface area contributed by atoms with Crippen molar-refractivity contribution in [1.82, 2.24) is 14.8 Å². The molecule has 0 aliphatic heterocycles. The lowest BCUT2D eigenvalue weighted by molar-refractivity contribution is 0.0805. The van der Waals surface area contributed by atoms with Gasteiger partial charge in [0.1, 0.15) is 22.9 Å². The van der Waals surface area contributed by atoms with Crippen LogP contribution in [0.15, 0.2) is 6.07 Å². The van der Waals surface area contributed by atoms with Crippen molar-refractivity contribution in [1.29, 1.82) is 0 Å². The first-order valence-corrected chi connectivity index (χ1v) is 11.4. The third-order valence-corrected chi connectivity index (χ3v) is 5.26. The molecular formula is C14H23ClN4O2Si. The van der Waals surface area contributed by atoms with E-state index in [1.54, 1.807) is 17.8 Å². The molecule has 0 unspecified atom stereocenters. The van der Waals surface area contributed by atoms with E-state index < -0.39 is 8.07 Å². The van der Waals surface area contributed by atoms with Crippen LogP contribution in [0.5, 0.6) is 0 Å². The third-order valence-electron chi connectivity index (χ3n) is 3.36. The molecule has 0 saturated heterocycles. The van der Waals surface area contributed by atoms with Crippen LogP contribution < -0.4 is 5.32 Å². The number of nitrogens with zero attached hydrogens (tertiary/aromatic N) is 3. The van der Waals surface area contributed by atoms with E-state index >= 15 is 0 Å². The minimum Gasteiger partial charge on any atom is -0.392 e. The number of halogens is 1. The molecule has 0 fully saturated rings. The monoisotopic (exact) mass is 342 g/mol. The second-order valence-corrected chi connectivity index (χ2v) is 12.4. The quantitative estimate of drug-likeness (QED) is 0.460. The smallest absolute Gasteiger partial charge is 0.153 e. The molecule has 6 nitrogen and oxygen atoms in total. The van der Waals surface area contributed by atoms with Crippen molar-refractivity contribution in [2.45, 2.75) is 39.0 Å². The second-order valence-electron chi connectivity index (χ2n) is 6.41. The summed E-state index contributed by atoms with van der Waals surface area (Å²) in [6.07, 6.45) is 0. The number of aliphatic hydroxyl groups excluding tert-OH is 1. The number of aromatic nitrogens is 3. The van der Waals surface area contributed by atoms with Gasteiger partial charge < -0.3 is 15.2 Å². The number of anilines is 1. The molecule has 0 aliphatic carbocycles. The Morgan fingerprint density at radius 3 is 2.68 bits per heavy atom. The van der Waals surface area contributed by atoms with Crippen LogP contribution in [0.3, 0.4) is 0 Å². The summed E-state index contributed by atoms with van der Waals surface area (Å²) in [6.45, 7) is 7.89. The molecule has 0 atom stereocenters. The first kappa shape index (κ1) is 17.2. The second kappa shape index (κ2) is 6.95. The number of nitrogens with one attached hydrogen (secondary N) is 1. The summed E-state index contributed by atoms with van der Waals surface area (Å²) >= 11 is 6.00. The molecule has 0 bridgehead atoms. The highest BCUT2D eigenvalue weighted by Gasteiger charge is 2.16. The fraction of sp³-hybridized carbons (Fsp3) is 0.571. The highest BCUT2D eigenvalue weighted by atomic mass is 35.5. The van der Waals surface area contributed by atoms with E-state index in [0.29, 0.717) is 28.5 Å². The SMILES string of the molecule is CNc1c2nc(Cl)cc(CO)c2nn1COCC[Si](C)(C)C. The Bertz CT molecular complexity index is 654. The molecule has 22 heavy (non-hydrogen) atoms. The maximum absolute atomic E-state index is 9.45. The van der Waals surface area contributed by atoms with E-state index in [1.165, 1.54) is 0 Å². The number of aliphatic hydroxyl groups is 1. The number of ether oxygens (including phenoxy) is 1. The van der Waals surface area contributed by atoms with E-state index in [2.05, 4.69) is 35.0 Å². The molecule has 0 aromatic carbocycles. The maximum atomic E-state index is 9.45. The zero-order valence-electron chi connectivity index (χ0n) is 13.5. The Morgan fingerprint density at radius 2 is 2.09 bits per heavy atom. The van der Waals surface area contributed by atoms with Crippen LogP contribution in [0.25, 0.3) is 11.0 Å². The third kappa shape index (κ3) is 3.98. The summed E-state index contributed by atoms with van der Waals surface area (Å²) in [7, 11) is 0.697. The summed E-state index contributed by atoms with van der Waals surface area (Å²) in [5.41, 5.74) is 1.95. The Labute approximate surface area is 136 Å². The van der Waals surface area contributed by atoms with Gasteiger partial charge in [0.2, 0.25) is 0 Å². The standard InChI is InChI=1S/C14H23ClN4O2Si/c1-16-14-13-12(10(8-20)7-11(15)17-13)18-19(14)9-21-5-6-22(2,3)4/h7,16,20H,5-6,8-9H2,1-4H3. The van der Waals surface area contributed by atoms with E-state index in [0.717, 1.165) is 18.5 Å². The normalized spacial score (nSPS) is 12.1. The van der Waals surface area contributed by atoms with Crippen LogP contribution >= 0.6 is 11.6 Å². The van der Waals surface area contributed by atoms with Crippen molar-refractivity contribution < 1.29 is 9.84 Å². The highest BCUT2D eigenvalue weighted by molar-refractivity contribution is 6.76. The molecule has 2 rings (SSSR count). The summed E-state index contributed by atoms with van der Waals surface area (Å²) < 4.78 is 7.46. The molecule has 0 aliphatic rings. The zero-order chi connectivity index (χ0) is 16.3. The average molecular weight is 343 g/mol. The molecule has 8 heteroatoms. The van der Waals surface area contributed by atoms with Crippen LogP contribution in [0.1, 0.15) is 5.56 Å². The average Bonchev–Trinajstić information content (AvgIpc) is 2.79. The molecule has 122 valence electrons. The lowest BCUT2D eigenvalue weighted by Crippen LogP contribution is -2.22. The lowest BCUT2D eigenvalue weighted by atomic mass is 10.2. The first-order chi connectivity index (χ1) is 10.4. The van der Waals surface area contributed by atoms with Crippen LogP contribution in [-0.4, -0.2) is 41.6 Å². The molecule has 2 heterocycles. The number of rotatable bonds is 7. The molecule has 2 aromatic heterocycles. The Hall–Kier alpha value is -1.15. The molecule has 2 aromatic rings. The van der Waals surface area contributed by atoms with E-state index in [4.69, 9.17) is 16.3 Å². The lowest BCUT2D eigenvalue weighted by Gasteiger charge is -2.15. The van der Waals surface area contributed by atoms with Gasteiger partial charge in [-0.25, -0.2) is 9.67 Å². The summed E-state index contributed by atoms with van der Waals surface area (Å²) in [6, 6.07) is 2.74. The molecule has 2 N–H and O–H groups in total. The Kier molecular flexibility index (Phi) is 5.44. The van der Waals surface area contributed by atoms with Gasteiger partial charge in [-0.1, -0.05) is 31.2 Å². The van der Waals surface area contributed by atoms with Crippen LogP contribution in [0.2, 0.25) is 30.8 Å². The van der Waals surface area contributed by atoms with E-state index in [-0.39, 0.29) is 6.61 Å². The summed E-state index contributed by atoms with van der Waals surface area (Å²) in [5.74, 6) is 0.736. The maximum Gasteiger partial charge on any atom is 0.153 e. The minimum absolute atomic E-state index is 0.130. The predicted octanol–water partition coefficient (Wildman–Crippen LogP) is 2.93. The fourth-order valence-electron chi connectivity index (χ4n) is 2.12. The number of hydrogen-bond acceptors (Lipinski definition) is 5. The number of fused-ring (bicyclic) bond motifs is 1. The van der Waals surface area contributed by atoms with Gasteiger partial charge >= 0.3 is 0 Å². The van der Waals surface area contributed by atoms with Gasteiger partial charge in [0.25, 0.3) is 0 Å². The Balaban J connectivity index is 2.23. The van der Waals surface area contributed by atoms with Crippen molar-refractivity contribution in [3.8, 4) is 0 Å². The zero-order valence-corrected chi connectivity index (χ0v) is 15.2. The van der Waals surface area contributed by atoms with Crippen molar-refractivity contribution >= 4 is 36.5 Å². The van der Waals surface area contributed by atoms with E-state index in [1.807, 2.05) is 0 Å². The molecular weight excluding hydrogens is 320 g/mol. The van der Waals surface area contributed by atoms with Crippen molar-refractivity contribution in [3.05, 3.63) is 16.8 Å². The molecule has 0 amide bonds. The van der Waals surface area contributed by atoms with Gasteiger partial charge in [-0.15, -0.1) is 0 Å². The summed E-state index contributed by atoms with van der Waals surface area (Å²) in [5, 5.41) is 17.4. The largest absolute Gasteiger partial charge is 0.392 e. The first-order valence-electron chi connectivity index (χ1n) is 7.28. The van der Waals surface area contributed by atoms with Gasteiger partial charge in [0, 0.05) is 27.3 Å². The van der Waals surface area contributed by atoms with Gasteiger partial charge in [0.15, 0.2) is 5.82 Å². The van der Waals surface area contributed by atoms with Crippen LogP contribution in [0.4, 0.5) is 5.82 Å². The molecule has 0 spiro atoms. The van der Waals surface area contributed by atoms with Crippen molar-refractivity contribution in [3.63, 3.8) is 0 Å². The predicted molar refractivity (Wildman–Crippen MR) is 92.1 cm³/mol. The van der Waals surface area contributed by atoms with Crippen LogP contribution in [0, 0.1) is 0 Å². The Morgan fingerprint density at radius 1 is 1.36 bits per heavy atom. The van der Waals surface area contributed by atoms with Crippen molar-refractivity contribution in [2.24, 2.45) is 0 Å². The summed E-state index contributed by atoms with van der Waals surface area (Å²) in [4.78, 5) is 4.30. The number of pyridine rings is 1. The number of hydrogen-bond donors (Lipinski definition) is 2. The molecule has 0 saturated carbocycles. The fourth-order valence-corrected chi connectivity index (χ4v) is 3.09. The van der Waals surface area contributed by atoms with Gasteiger partial charge in [-0.3, -0.25) is 0 Å². The van der Waals surface area contributed by atoms with Gasteiger partial charge in [-0.05, 0) is 12.1 Å². The minimum atomic E-state index is -1.10. The highest BCUT2D eigenvalue weighted by Crippen LogP contribution is 2.26. The van der Waals surface area contributed by atoms with Crippen molar-refractivity contribution in [2.75, 3.05) is 19.0 Å². The topological polar surface area (TPSA) is 72.2 Å². The molecule has 0 radical (unpaired) electrons. The van der Waals surface area contributed by atoms with Gasteiger partial charge in [0.05, 0.1) is 6.61 Å². The van der Waals surface area contributed by atoms with Gasteiger partial charge in [-0.2, -0.15) is 5.10 Å². The van der Waals surface area contributed by atoms with E-state index in [9.17, 15) is 5.11 Å². The van der Waals surface area contributed by atoms with Crippen LogP contribution in [-0.2, 0) is 18.1 Å².